The van der Waals surface area contributed by atoms with Gasteiger partial charge in [0, 0.05) is 11.8 Å². The average Bonchev–Trinajstić information content (AvgIpc) is 3.00. The first-order chi connectivity index (χ1) is 14.0. The minimum absolute atomic E-state index is 0.0755. The van der Waals surface area contributed by atoms with Gasteiger partial charge in [0.25, 0.3) is 11.7 Å². The van der Waals surface area contributed by atoms with E-state index in [1.807, 2.05) is 50.2 Å². The Morgan fingerprint density at radius 1 is 0.931 bits per heavy atom. The molecule has 1 fully saturated rings. The summed E-state index contributed by atoms with van der Waals surface area (Å²) < 4.78 is 0. The van der Waals surface area contributed by atoms with Gasteiger partial charge < -0.3 is 5.11 Å². The molecule has 0 aliphatic carbocycles. The van der Waals surface area contributed by atoms with Crippen molar-refractivity contribution in [1.29, 1.82) is 0 Å². The highest BCUT2D eigenvalue weighted by Crippen LogP contribution is 2.41. The maximum atomic E-state index is 13.0. The van der Waals surface area contributed by atoms with E-state index in [-0.39, 0.29) is 11.3 Å². The van der Waals surface area contributed by atoms with Crippen LogP contribution in [0.4, 0.5) is 5.69 Å². The van der Waals surface area contributed by atoms with E-state index in [1.54, 1.807) is 30.5 Å². The predicted octanol–water partition coefficient (Wildman–Crippen LogP) is 4.32. The van der Waals surface area contributed by atoms with Crippen LogP contribution in [-0.4, -0.2) is 21.8 Å². The zero-order chi connectivity index (χ0) is 20.5. The Labute approximate surface area is 169 Å². The van der Waals surface area contributed by atoms with Crippen molar-refractivity contribution in [3.63, 3.8) is 0 Å². The quantitative estimate of drug-likeness (QED) is 0.415. The van der Waals surface area contributed by atoms with Crippen molar-refractivity contribution in [2.45, 2.75) is 19.9 Å². The summed E-state index contributed by atoms with van der Waals surface area (Å²) >= 11 is 0. The topological polar surface area (TPSA) is 70.5 Å². The number of aromatic nitrogens is 1. The van der Waals surface area contributed by atoms with Gasteiger partial charge in [-0.1, -0.05) is 59.7 Å². The highest BCUT2D eigenvalue weighted by Gasteiger charge is 2.47. The molecule has 1 atom stereocenters. The predicted molar refractivity (Wildman–Crippen MR) is 111 cm³/mol. The number of anilines is 1. The van der Waals surface area contributed by atoms with E-state index in [2.05, 4.69) is 4.98 Å². The second kappa shape index (κ2) is 7.36. The van der Waals surface area contributed by atoms with Crippen molar-refractivity contribution in [3.05, 3.63) is 101 Å². The number of carbonyl (C=O) groups is 2. The molecule has 0 spiro atoms. The van der Waals surface area contributed by atoms with E-state index in [9.17, 15) is 14.7 Å². The molecular formula is C24H20N2O3. The molecule has 5 nitrogen and oxygen atoms in total. The Morgan fingerprint density at radius 3 is 2.14 bits per heavy atom. The fourth-order valence-electron chi connectivity index (χ4n) is 3.53. The van der Waals surface area contributed by atoms with Crippen LogP contribution < -0.4 is 4.90 Å². The van der Waals surface area contributed by atoms with Gasteiger partial charge in [-0.15, -0.1) is 0 Å². The van der Waals surface area contributed by atoms with Crippen molar-refractivity contribution in [2.24, 2.45) is 0 Å². The maximum Gasteiger partial charge on any atom is 0.300 e. The number of pyridine rings is 1. The van der Waals surface area contributed by atoms with E-state index in [4.69, 9.17) is 0 Å². The van der Waals surface area contributed by atoms with E-state index in [0.29, 0.717) is 11.3 Å². The van der Waals surface area contributed by atoms with Gasteiger partial charge in [-0.2, -0.15) is 0 Å². The molecule has 4 rings (SSSR count). The molecule has 3 aromatic rings. The lowest BCUT2D eigenvalue weighted by Crippen LogP contribution is -2.29. The number of hydrogen-bond donors (Lipinski definition) is 1. The first-order valence-electron chi connectivity index (χ1n) is 9.32. The molecule has 1 amide bonds. The summed E-state index contributed by atoms with van der Waals surface area (Å²) in [6, 6.07) is 17.5. The van der Waals surface area contributed by atoms with Crippen LogP contribution >= 0.6 is 0 Å². The summed E-state index contributed by atoms with van der Waals surface area (Å²) in [5.41, 5.74) is 3.91. The summed E-state index contributed by atoms with van der Waals surface area (Å²) in [5, 5.41) is 11.0. The molecule has 1 unspecified atom stereocenters. The standard InChI is InChI=1S/C24H20N2O3/c1-15-5-9-17(10-6-15)21-20(22(27)18-11-7-16(2)8-12-18)23(28)24(29)26(21)19-4-3-13-25-14-19/h3-14,21,27H,1-2H3. The normalized spacial score (nSPS) is 18.3. The number of carbonyl (C=O) groups excluding carboxylic acids is 2. The van der Waals surface area contributed by atoms with Crippen LogP contribution in [-0.2, 0) is 9.59 Å². The molecule has 1 saturated heterocycles. The number of aryl methyl sites for hydroxylation is 2. The lowest BCUT2D eigenvalue weighted by atomic mass is 9.94. The summed E-state index contributed by atoms with van der Waals surface area (Å²) in [7, 11) is 0. The fraction of sp³-hybridized carbons (Fsp3) is 0.125. The Morgan fingerprint density at radius 2 is 1.55 bits per heavy atom. The smallest absolute Gasteiger partial charge is 0.300 e. The number of ketones is 1. The van der Waals surface area contributed by atoms with Gasteiger partial charge in [0.15, 0.2) is 0 Å². The van der Waals surface area contributed by atoms with Crippen LogP contribution in [0.2, 0.25) is 0 Å². The van der Waals surface area contributed by atoms with Crippen LogP contribution in [0, 0.1) is 13.8 Å². The second-order valence-corrected chi connectivity index (χ2v) is 7.16. The Kier molecular flexibility index (Phi) is 4.72. The molecule has 1 aromatic heterocycles. The highest BCUT2D eigenvalue weighted by atomic mass is 16.3. The lowest BCUT2D eigenvalue weighted by molar-refractivity contribution is -0.132. The van der Waals surface area contributed by atoms with Crippen LogP contribution in [0.25, 0.3) is 5.76 Å². The minimum atomic E-state index is -0.735. The van der Waals surface area contributed by atoms with Gasteiger partial charge >= 0.3 is 0 Å². The molecule has 1 aliphatic rings. The van der Waals surface area contributed by atoms with E-state index >= 15 is 0 Å². The largest absolute Gasteiger partial charge is 0.507 e. The number of nitrogens with zero attached hydrogens (tertiary/aromatic N) is 2. The Bertz CT molecular complexity index is 1100. The molecule has 144 valence electrons. The molecule has 0 saturated carbocycles. The average molecular weight is 384 g/mol. The third-order valence-electron chi connectivity index (χ3n) is 5.09. The monoisotopic (exact) mass is 384 g/mol. The van der Waals surface area contributed by atoms with Gasteiger partial charge in [0.2, 0.25) is 0 Å². The minimum Gasteiger partial charge on any atom is -0.507 e. The first kappa shape index (κ1) is 18.6. The zero-order valence-corrected chi connectivity index (χ0v) is 16.2. The van der Waals surface area contributed by atoms with Crippen LogP contribution in [0.15, 0.2) is 78.6 Å². The van der Waals surface area contributed by atoms with Crippen molar-refractivity contribution in [3.8, 4) is 0 Å². The van der Waals surface area contributed by atoms with Crippen LogP contribution in [0.3, 0.4) is 0 Å². The molecule has 1 aliphatic heterocycles. The van der Waals surface area contributed by atoms with Gasteiger partial charge in [-0.3, -0.25) is 19.5 Å². The third-order valence-corrected chi connectivity index (χ3v) is 5.09. The fourth-order valence-corrected chi connectivity index (χ4v) is 3.53. The van der Waals surface area contributed by atoms with Crippen molar-refractivity contribution in [2.75, 3.05) is 4.90 Å². The summed E-state index contributed by atoms with van der Waals surface area (Å²) in [5.74, 6) is -1.57. The summed E-state index contributed by atoms with van der Waals surface area (Å²) in [6.07, 6.45) is 3.14. The number of aliphatic hydroxyl groups is 1. The Balaban J connectivity index is 1.94. The van der Waals surface area contributed by atoms with Crippen molar-refractivity contribution in [1.82, 2.24) is 4.98 Å². The number of hydrogen-bond acceptors (Lipinski definition) is 4. The maximum absolute atomic E-state index is 13.0. The second-order valence-electron chi connectivity index (χ2n) is 7.16. The number of Topliss-reactive ketones (excluding diaryl/α,β-unsaturated/α-hetero) is 1. The summed E-state index contributed by atoms with van der Waals surface area (Å²) in [4.78, 5) is 31.4. The number of aliphatic hydroxyl groups excluding tert-OH is 1. The molecule has 2 aromatic carbocycles. The molecule has 2 heterocycles. The van der Waals surface area contributed by atoms with Gasteiger partial charge in [-0.05, 0) is 31.5 Å². The SMILES string of the molecule is Cc1ccc(C(O)=C2C(=O)C(=O)N(c3cccnc3)C2c2ccc(C)cc2)cc1. The van der Waals surface area contributed by atoms with E-state index in [1.165, 1.54) is 11.1 Å². The first-order valence-corrected chi connectivity index (χ1v) is 9.32. The zero-order valence-electron chi connectivity index (χ0n) is 16.2. The van der Waals surface area contributed by atoms with Crippen molar-refractivity contribution >= 4 is 23.1 Å². The number of rotatable bonds is 3. The van der Waals surface area contributed by atoms with Gasteiger partial charge in [-0.25, -0.2) is 0 Å². The van der Waals surface area contributed by atoms with Gasteiger partial charge in [0.1, 0.15) is 5.76 Å². The van der Waals surface area contributed by atoms with Crippen LogP contribution in [0.1, 0.15) is 28.3 Å². The van der Waals surface area contributed by atoms with E-state index in [0.717, 1.165) is 16.7 Å². The van der Waals surface area contributed by atoms with Crippen molar-refractivity contribution < 1.29 is 14.7 Å². The molecule has 0 radical (unpaired) electrons. The molecule has 29 heavy (non-hydrogen) atoms. The molecule has 0 bridgehead atoms. The van der Waals surface area contributed by atoms with Crippen LogP contribution in [0.5, 0.6) is 0 Å². The van der Waals surface area contributed by atoms with E-state index < -0.39 is 17.7 Å². The Hall–Kier alpha value is -3.73. The molecule has 1 N–H and O–H groups in total. The number of benzene rings is 2. The summed E-state index contributed by atoms with van der Waals surface area (Å²) in [6.45, 7) is 3.91. The number of amides is 1. The molecular weight excluding hydrogens is 364 g/mol. The molecule has 5 heteroatoms. The lowest BCUT2D eigenvalue weighted by Gasteiger charge is -2.25. The highest BCUT2D eigenvalue weighted by molar-refractivity contribution is 6.51. The third kappa shape index (κ3) is 3.31. The van der Waals surface area contributed by atoms with Gasteiger partial charge in [0.05, 0.1) is 23.5 Å².